The molecule has 2 heterocycles. The van der Waals surface area contributed by atoms with E-state index in [1.54, 1.807) is 6.07 Å². The molecule has 5 nitrogen and oxygen atoms in total. The van der Waals surface area contributed by atoms with Crippen molar-refractivity contribution in [2.45, 2.75) is 19.1 Å². The molecule has 1 aromatic heterocycles. The summed E-state index contributed by atoms with van der Waals surface area (Å²) in [6, 6.07) is 18.3. The van der Waals surface area contributed by atoms with Gasteiger partial charge in [-0.05, 0) is 42.3 Å². The third kappa shape index (κ3) is 6.10. The molecular weight excluding hydrogens is 429 g/mol. The van der Waals surface area contributed by atoms with Crippen LogP contribution >= 0.6 is 0 Å². The topological polar surface area (TPSA) is 48.5 Å². The fourth-order valence-corrected chi connectivity index (χ4v) is 3.89. The van der Waals surface area contributed by atoms with Crippen molar-refractivity contribution in [2.75, 3.05) is 36.4 Å². The summed E-state index contributed by atoms with van der Waals surface area (Å²) >= 11 is 0. The van der Waals surface area contributed by atoms with Gasteiger partial charge < -0.3 is 10.2 Å². The molecule has 1 aliphatic rings. The molecule has 1 fully saturated rings. The highest BCUT2D eigenvalue weighted by molar-refractivity contribution is 6.04. The van der Waals surface area contributed by atoms with Gasteiger partial charge >= 0.3 is 6.18 Å². The molecule has 172 valence electrons. The van der Waals surface area contributed by atoms with Crippen LogP contribution in [0.3, 0.4) is 0 Å². The summed E-state index contributed by atoms with van der Waals surface area (Å²) in [7, 11) is 0. The SMILES string of the molecule is O=C(Nc1ccc(N2CCCN(Cc3ccccc3)CC2)nc1)c1cccc(C(F)(F)F)c1. The highest BCUT2D eigenvalue weighted by Gasteiger charge is 2.30. The van der Waals surface area contributed by atoms with Crippen molar-refractivity contribution in [2.24, 2.45) is 0 Å². The lowest BCUT2D eigenvalue weighted by molar-refractivity contribution is -0.137. The van der Waals surface area contributed by atoms with Gasteiger partial charge in [0.25, 0.3) is 5.91 Å². The molecule has 1 aliphatic heterocycles. The number of halogens is 3. The molecule has 0 atom stereocenters. The van der Waals surface area contributed by atoms with Crippen molar-refractivity contribution >= 4 is 17.4 Å². The lowest BCUT2D eigenvalue weighted by atomic mass is 10.1. The first-order valence-electron chi connectivity index (χ1n) is 10.8. The number of amides is 1. The fourth-order valence-electron chi connectivity index (χ4n) is 3.89. The zero-order chi connectivity index (χ0) is 23.3. The number of alkyl halides is 3. The van der Waals surface area contributed by atoms with Crippen LogP contribution in [0.5, 0.6) is 0 Å². The minimum absolute atomic E-state index is 0.0556. The second-order valence-corrected chi connectivity index (χ2v) is 8.04. The summed E-state index contributed by atoms with van der Waals surface area (Å²) in [6.07, 6.45) is -1.95. The monoisotopic (exact) mass is 454 g/mol. The number of nitrogens with one attached hydrogen (secondary N) is 1. The van der Waals surface area contributed by atoms with E-state index in [1.165, 1.54) is 23.9 Å². The number of carbonyl (C=O) groups excluding carboxylic acids is 1. The first-order chi connectivity index (χ1) is 15.9. The maximum absolute atomic E-state index is 12.9. The van der Waals surface area contributed by atoms with Gasteiger partial charge in [0.1, 0.15) is 5.82 Å². The molecule has 2 aromatic carbocycles. The maximum atomic E-state index is 12.9. The Kier molecular flexibility index (Phi) is 6.93. The van der Waals surface area contributed by atoms with Gasteiger partial charge in [-0.3, -0.25) is 9.69 Å². The molecule has 1 N–H and O–H groups in total. The molecule has 0 radical (unpaired) electrons. The van der Waals surface area contributed by atoms with Crippen LogP contribution in [0.1, 0.15) is 27.9 Å². The second-order valence-electron chi connectivity index (χ2n) is 8.04. The Morgan fingerprint density at radius 1 is 0.939 bits per heavy atom. The zero-order valence-electron chi connectivity index (χ0n) is 18.1. The quantitative estimate of drug-likeness (QED) is 0.585. The molecule has 0 spiro atoms. The Balaban J connectivity index is 1.35. The Morgan fingerprint density at radius 2 is 1.76 bits per heavy atom. The number of aromatic nitrogens is 1. The summed E-state index contributed by atoms with van der Waals surface area (Å²) in [5.74, 6) is 0.204. The summed E-state index contributed by atoms with van der Waals surface area (Å²) in [5, 5.41) is 2.62. The molecule has 33 heavy (non-hydrogen) atoms. The highest BCUT2D eigenvalue weighted by atomic mass is 19.4. The minimum Gasteiger partial charge on any atom is -0.355 e. The first kappa shape index (κ1) is 22.8. The number of pyridine rings is 1. The molecular formula is C25H25F3N4O. The van der Waals surface area contributed by atoms with E-state index in [9.17, 15) is 18.0 Å². The van der Waals surface area contributed by atoms with E-state index in [0.717, 1.165) is 57.1 Å². The number of anilines is 2. The maximum Gasteiger partial charge on any atom is 0.416 e. The third-order valence-corrected chi connectivity index (χ3v) is 5.62. The second kappa shape index (κ2) is 10.0. The van der Waals surface area contributed by atoms with Crippen LogP contribution in [-0.2, 0) is 12.7 Å². The van der Waals surface area contributed by atoms with Crippen LogP contribution in [0.15, 0.2) is 72.9 Å². The van der Waals surface area contributed by atoms with Crippen LogP contribution in [0.25, 0.3) is 0 Å². The summed E-state index contributed by atoms with van der Waals surface area (Å²) in [6.45, 7) is 4.58. The van der Waals surface area contributed by atoms with Crippen molar-refractivity contribution < 1.29 is 18.0 Å². The van der Waals surface area contributed by atoms with E-state index in [1.807, 2.05) is 12.1 Å². The van der Waals surface area contributed by atoms with Crippen molar-refractivity contribution in [3.05, 3.63) is 89.6 Å². The van der Waals surface area contributed by atoms with Gasteiger partial charge in [-0.25, -0.2) is 4.98 Å². The molecule has 1 amide bonds. The molecule has 0 bridgehead atoms. The average molecular weight is 454 g/mol. The molecule has 0 unspecified atom stereocenters. The third-order valence-electron chi connectivity index (χ3n) is 5.62. The Labute approximate surface area is 190 Å². The number of carbonyl (C=O) groups is 1. The molecule has 4 rings (SSSR count). The smallest absolute Gasteiger partial charge is 0.355 e. The molecule has 0 aliphatic carbocycles. The van der Waals surface area contributed by atoms with Crippen LogP contribution in [-0.4, -0.2) is 42.0 Å². The fraction of sp³-hybridized carbons (Fsp3) is 0.280. The van der Waals surface area contributed by atoms with Crippen LogP contribution < -0.4 is 10.2 Å². The van der Waals surface area contributed by atoms with Crippen molar-refractivity contribution in [3.63, 3.8) is 0 Å². The number of benzene rings is 2. The summed E-state index contributed by atoms with van der Waals surface area (Å²) < 4.78 is 38.7. The molecule has 0 saturated carbocycles. The Bertz CT molecular complexity index is 1070. The average Bonchev–Trinajstić information content (AvgIpc) is 3.05. The molecule has 3 aromatic rings. The number of hydrogen-bond donors (Lipinski definition) is 1. The van der Waals surface area contributed by atoms with Gasteiger partial charge in [0.2, 0.25) is 0 Å². The van der Waals surface area contributed by atoms with Gasteiger partial charge in [0, 0.05) is 38.3 Å². The largest absolute Gasteiger partial charge is 0.416 e. The van der Waals surface area contributed by atoms with Gasteiger partial charge in [-0.15, -0.1) is 0 Å². The number of hydrogen-bond acceptors (Lipinski definition) is 4. The van der Waals surface area contributed by atoms with Crippen LogP contribution in [0, 0.1) is 0 Å². The predicted octanol–water partition coefficient (Wildman–Crippen LogP) is 5.07. The molecule has 1 saturated heterocycles. The van der Waals surface area contributed by atoms with Gasteiger partial charge in [-0.1, -0.05) is 36.4 Å². The minimum atomic E-state index is -4.50. The standard InChI is InChI=1S/C25H25F3N4O/c26-25(27,28)21-9-4-8-20(16-21)24(33)30-22-10-11-23(29-17-22)32-13-5-12-31(14-15-32)18-19-6-2-1-3-7-19/h1-4,6-11,16-17H,5,12-15,18H2,(H,30,33). The normalized spacial score (nSPS) is 15.2. The van der Waals surface area contributed by atoms with Crippen molar-refractivity contribution in [1.82, 2.24) is 9.88 Å². The predicted molar refractivity (Wildman–Crippen MR) is 122 cm³/mol. The Morgan fingerprint density at radius 3 is 2.48 bits per heavy atom. The number of nitrogens with zero attached hydrogens (tertiary/aromatic N) is 3. The molecule has 8 heteroatoms. The van der Waals surface area contributed by atoms with Crippen molar-refractivity contribution in [1.29, 1.82) is 0 Å². The van der Waals surface area contributed by atoms with Gasteiger partial charge in [0.05, 0.1) is 17.4 Å². The van der Waals surface area contributed by atoms with Gasteiger partial charge in [0.15, 0.2) is 0 Å². The van der Waals surface area contributed by atoms with E-state index in [2.05, 4.69) is 44.4 Å². The van der Waals surface area contributed by atoms with E-state index in [4.69, 9.17) is 0 Å². The van der Waals surface area contributed by atoms with Gasteiger partial charge in [-0.2, -0.15) is 13.2 Å². The summed E-state index contributed by atoms with van der Waals surface area (Å²) in [4.78, 5) is 21.5. The van der Waals surface area contributed by atoms with E-state index in [-0.39, 0.29) is 5.56 Å². The summed E-state index contributed by atoms with van der Waals surface area (Å²) in [5.41, 5.74) is 0.817. The van der Waals surface area contributed by atoms with Crippen LogP contribution in [0.2, 0.25) is 0 Å². The number of rotatable bonds is 5. The van der Waals surface area contributed by atoms with Crippen molar-refractivity contribution in [3.8, 4) is 0 Å². The zero-order valence-corrected chi connectivity index (χ0v) is 18.1. The Hall–Kier alpha value is -3.39. The highest BCUT2D eigenvalue weighted by Crippen LogP contribution is 2.29. The first-order valence-corrected chi connectivity index (χ1v) is 10.8. The van der Waals surface area contributed by atoms with E-state index < -0.39 is 17.6 Å². The van der Waals surface area contributed by atoms with E-state index >= 15 is 0 Å². The van der Waals surface area contributed by atoms with E-state index in [0.29, 0.717) is 5.69 Å². The lowest BCUT2D eigenvalue weighted by Crippen LogP contribution is -2.30. The lowest BCUT2D eigenvalue weighted by Gasteiger charge is -2.23. The van der Waals surface area contributed by atoms with Crippen LogP contribution in [0.4, 0.5) is 24.7 Å².